The number of anilines is 1. The fourth-order valence-electron chi connectivity index (χ4n) is 1.53. The number of nitrogens with one attached hydrogen (secondary N) is 1. The molecule has 2 heterocycles. The number of aromatic nitrogens is 1. The van der Waals surface area contributed by atoms with Gasteiger partial charge in [-0.1, -0.05) is 12.2 Å². The molecule has 0 spiro atoms. The number of aryl methyl sites for hydroxylation is 1. The average molecular weight is 342 g/mol. The van der Waals surface area contributed by atoms with Crippen molar-refractivity contribution in [2.75, 3.05) is 5.32 Å². The molecule has 18 heavy (non-hydrogen) atoms. The molecule has 0 radical (unpaired) electrons. The number of rotatable bonds is 4. The van der Waals surface area contributed by atoms with Crippen molar-refractivity contribution < 1.29 is 0 Å². The fourth-order valence-corrected chi connectivity index (χ4v) is 3.07. The molecule has 6 heteroatoms. The van der Waals surface area contributed by atoms with Gasteiger partial charge >= 0.3 is 0 Å². The lowest BCUT2D eigenvalue weighted by atomic mass is 10.2. The highest BCUT2D eigenvalue weighted by Crippen LogP contribution is 2.22. The van der Waals surface area contributed by atoms with E-state index < -0.39 is 0 Å². The van der Waals surface area contributed by atoms with Gasteiger partial charge in [0.1, 0.15) is 10.8 Å². The molecule has 0 fully saturated rings. The zero-order valence-electron chi connectivity index (χ0n) is 9.74. The largest absolute Gasteiger partial charge is 0.389 e. The van der Waals surface area contributed by atoms with E-state index in [4.69, 9.17) is 18.0 Å². The summed E-state index contributed by atoms with van der Waals surface area (Å²) < 4.78 is 1.13. The summed E-state index contributed by atoms with van der Waals surface area (Å²) in [6.45, 7) is 2.66. The SMILES string of the molecule is Cc1cc(C(N)=S)cc(NCc2ccc(Br)s2)n1. The first-order valence-electron chi connectivity index (χ1n) is 5.31. The van der Waals surface area contributed by atoms with Crippen LogP contribution in [0.25, 0.3) is 0 Å². The van der Waals surface area contributed by atoms with Crippen molar-refractivity contribution in [1.29, 1.82) is 0 Å². The van der Waals surface area contributed by atoms with E-state index in [-0.39, 0.29) is 0 Å². The van der Waals surface area contributed by atoms with Gasteiger partial charge in [-0.2, -0.15) is 0 Å². The summed E-state index contributed by atoms with van der Waals surface area (Å²) in [6.07, 6.45) is 0. The second-order valence-corrected chi connectivity index (χ2v) is 6.79. The molecule has 2 aromatic heterocycles. The zero-order valence-corrected chi connectivity index (χ0v) is 13.0. The summed E-state index contributed by atoms with van der Waals surface area (Å²) in [7, 11) is 0. The lowest BCUT2D eigenvalue weighted by molar-refractivity contribution is 1.11. The van der Waals surface area contributed by atoms with Crippen LogP contribution in [0.4, 0.5) is 5.82 Å². The second-order valence-electron chi connectivity index (χ2n) is 3.81. The standard InChI is InChI=1S/C12H12BrN3S2/c1-7-4-8(12(14)17)5-11(16-7)15-6-9-2-3-10(13)18-9/h2-5H,6H2,1H3,(H2,14,17)(H,15,16). The Hall–Kier alpha value is -0.980. The van der Waals surface area contributed by atoms with Crippen molar-refractivity contribution in [1.82, 2.24) is 4.98 Å². The molecule has 0 aliphatic carbocycles. The van der Waals surface area contributed by atoms with Crippen LogP contribution in [0.5, 0.6) is 0 Å². The van der Waals surface area contributed by atoms with Crippen molar-refractivity contribution >= 4 is 50.3 Å². The molecule has 0 aliphatic rings. The van der Waals surface area contributed by atoms with Crippen LogP contribution in [0.2, 0.25) is 0 Å². The number of thiocarbonyl (C=S) groups is 1. The Labute approximate surface area is 124 Å². The van der Waals surface area contributed by atoms with Gasteiger partial charge in [0.25, 0.3) is 0 Å². The number of nitrogens with zero attached hydrogens (tertiary/aromatic N) is 1. The molecule has 0 atom stereocenters. The normalized spacial score (nSPS) is 10.3. The van der Waals surface area contributed by atoms with E-state index in [2.05, 4.69) is 32.3 Å². The third-order valence-electron chi connectivity index (χ3n) is 2.31. The van der Waals surface area contributed by atoms with Crippen LogP contribution in [-0.4, -0.2) is 9.97 Å². The van der Waals surface area contributed by atoms with E-state index in [0.717, 1.165) is 27.4 Å². The first-order valence-corrected chi connectivity index (χ1v) is 7.33. The van der Waals surface area contributed by atoms with E-state index >= 15 is 0 Å². The van der Waals surface area contributed by atoms with Gasteiger partial charge < -0.3 is 11.1 Å². The minimum Gasteiger partial charge on any atom is -0.389 e. The number of pyridine rings is 1. The summed E-state index contributed by atoms with van der Waals surface area (Å²) >= 11 is 10.1. The van der Waals surface area contributed by atoms with Crippen LogP contribution in [0.1, 0.15) is 16.1 Å². The highest BCUT2D eigenvalue weighted by molar-refractivity contribution is 9.11. The molecule has 2 rings (SSSR count). The van der Waals surface area contributed by atoms with E-state index in [9.17, 15) is 0 Å². The van der Waals surface area contributed by atoms with Gasteiger partial charge in [0.15, 0.2) is 0 Å². The van der Waals surface area contributed by atoms with Gasteiger partial charge in [-0.25, -0.2) is 4.98 Å². The van der Waals surface area contributed by atoms with Crippen LogP contribution in [-0.2, 0) is 6.54 Å². The van der Waals surface area contributed by atoms with Gasteiger partial charge in [0.05, 0.1) is 10.3 Å². The molecule has 0 unspecified atom stereocenters. The van der Waals surface area contributed by atoms with E-state index in [0.29, 0.717) is 4.99 Å². The lowest BCUT2D eigenvalue weighted by Gasteiger charge is -2.07. The number of hydrogen-bond acceptors (Lipinski definition) is 4. The fraction of sp³-hybridized carbons (Fsp3) is 0.167. The molecular weight excluding hydrogens is 330 g/mol. The maximum atomic E-state index is 5.63. The highest BCUT2D eigenvalue weighted by atomic mass is 79.9. The predicted octanol–water partition coefficient (Wildman–Crippen LogP) is 3.46. The molecule has 3 nitrogen and oxygen atoms in total. The summed E-state index contributed by atoms with van der Waals surface area (Å²) in [5, 5.41) is 3.27. The first-order chi connectivity index (χ1) is 8.54. The molecule has 2 aromatic rings. The minimum atomic E-state index is 0.391. The maximum Gasteiger partial charge on any atom is 0.127 e. The minimum absolute atomic E-state index is 0.391. The van der Waals surface area contributed by atoms with Crippen LogP contribution in [0.3, 0.4) is 0 Å². The highest BCUT2D eigenvalue weighted by Gasteiger charge is 2.03. The number of hydrogen-bond donors (Lipinski definition) is 2. The molecule has 0 bridgehead atoms. The third kappa shape index (κ3) is 3.51. The third-order valence-corrected chi connectivity index (χ3v) is 4.17. The second kappa shape index (κ2) is 5.77. The molecule has 0 amide bonds. The Kier molecular flexibility index (Phi) is 4.31. The summed E-state index contributed by atoms with van der Waals surface area (Å²) in [4.78, 5) is 6.03. The Morgan fingerprint density at radius 2 is 2.28 bits per heavy atom. The number of nitrogens with two attached hydrogens (primary N) is 1. The van der Waals surface area contributed by atoms with Crippen molar-refractivity contribution in [3.8, 4) is 0 Å². The topological polar surface area (TPSA) is 50.9 Å². The van der Waals surface area contributed by atoms with Crippen molar-refractivity contribution in [2.45, 2.75) is 13.5 Å². The number of halogens is 1. The van der Waals surface area contributed by atoms with Gasteiger partial charge in [-0.3, -0.25) is 0 Å². The first kappa shape index (κ1) is 13.5. The molecule has 0 aromatic carbocycles. The molecule has 3 N–H and O–H groups in total. The molecule has 0 aliphatic heterocycles. The monoisotopic (exact) mass is 341 g/mol. The summed E-state index contributed by atoms with van der Waals surface area (Å²) in [5.74, 6) is 0.794. The van der Waals surface area contributed by atoms with Crippen molar-refractivity contribution in [3.63, 3.8) is 0 Å². The van der Waals surface area contributed by atoms with Gasteiger partial charge in [-0.05, 0) is 47.1 Å². The predicted molar refractivity (Wildman–Crippen MR) is 84.2 cm³/mol. The Morgan fingerprint density at radius 1 is 1.50 bits per heavy atom. The van der Waals surface area contributed by atoms with E-state index in [1.807, 2.05) is 25.1 Å². The van der Waals surface area contributed by atoms with Gasteiger partial charge in [0.2, 0.25) is 0 Å². The smallest absolute Gasteiger partial charge is 0.127 e. The van der Waals surface area contributed by atoms with Gasteiger partial charge in [0, 0.05) is 16.1 Å². The maximum absolute atomic E-state index is 5.63. The zero-order chi connectivity index (χ0) is 13.1. The van der Waals surface area contributed by atoms with Crippen LogP contribution >= 0.6 is 39.5 Å². The van der Waals surface area contributed by atoms with E-state index in [1.54, 1.807) is 11.3 Å². The molecular formula is C12H12BrN3S2. The molecule has 0 saturated heterocycles. The van der Waals surface area contributed by atoms with Crippen molar-refractivity contribution in [3.05, 3.63) is 44.2 Å². The Morgan fingerprint density at radius 3 is 2.89 bits per heavy atom. The molecule has 0 saturated carbocycles. The van der Waals surface area contributed by atoms with Gasteiger partial charge in [-0.15, -0.1) is 11.3 Å². The Balaban J connectivity index is 2.11. The molecule has 94 valence electrons. The Bertz CT molecular complexity index is 580. The number of thiophene rings is 1. The van der Waals surface area contributed by atoms with Crippen LogP contribution in [0.15, 0.2) is 28.1 Å². The quantitative estimate of drug-likeness (QED) is 0.836. The summed E-state index contributed by atoms with van der Waals surface area (Å²) in [6, 6.07) is 7.87. The lowest BCUT2D eigenvalue weighted by Crippen LogP contribution is -2.11. The average Bonchev–Trinajstić information content (AvgIpc) is 2.72. The summed E-state index contributed by atoms with van der Waals surface area (Å²) in [5.41, 5.74) is 7.37. The van der Waals surface area contributed by atoms with E-state index in [1.165, 1.54) is 4.88 Å². The van der Waals surface area contributed by atoms with Crippen LogP contribution < -0.4 is 11.1 Å². The van der Waals surface area contributed by atoms with Crippen molar-refractivity contribution in [2.24, 2.45) is 5.73 Å². The van der Waals surface area contributed by atoms with Crippen LogP contribution in [0, 0.1) is 6.92 Å².